The Hall–Kier alpha value is -3.23. The van der Waals surface area contributed by atoms with Crippen LogP contribution in [-0.2, 0) is 35.0 Å². The lowest BCUT2D eigenvalue weighted by Crippen LogP contribution is -2.51. The highest BCUT2D eigenvalue weighted by Crippen LogP contribution is 2.66. The molecule has 1 aromatic carbocycles. The zero-order valence-electron chi connectivity index (χ0n) is 27.4. The maximum absolute atomic E-state index is 14.1. The number of fused-ring (bicyclic) bond motifs is 5. The molecule has 8 atom stereocenters. The van der Waals surface area contributed by atoms with Crippen molar-refractivity contribution in [3.05, 3.63) is 65.9 Å². The Morgan fingerprint density at radius 1 is 1.16 bits per heavy atom. The molecule has 0 amide bonds. The fourth-order valence-corrected chi connectivity index (χ4v) is 8.91. The van der Waals surface area contributed by atoms with Crippen LogP contribution >= 0.6 is 0 Å². The van der Waals surface area contributed by atoms with Gasteiger partial charge in [-0.3, -0.25) is 14.4 Å². The van der Waals surface area contributed by atoms with Crippen molar-refractivity contribution in [1.29, 1.82) is 0 Å². The minimum Gasteiger partial charge on any atom is -0.457 e. The summed E-state index contributed by atoms with van der Waals surface area (Å²) in [5.74, 6) is 0.189. The SMILES string of the molecule is C=C(C)N=Nc1ccccc1CC(=O)OCC(=O)C1C(OC(CCC)OC)CC2C3CCC4=CC(=O)C=CC4(C)C3CCC21C. The van der Waals surface area contributed by atoms with E-state index in [0.29, 0.717) is 28.8 Å². The molecule has 8 unspecified atom stereocenters. The number of methoxy groups -OCH3 is 1. The third kappa shape index (κ3) is 6.68. The summed E-state index contributed by atoms with van der Waals surface area (Å²) in [5, 5.41) is 8.22. The van der Waals surface area contributed by atoms with E-state index in [0.717, 1.165) is 44.9 Å². The number of benzene rings is 1. The quantitative estimate of drug-likeness (QED) is 0.136. The minimum absolute atomic E-state index is 0.0143. The zero-order chi connectivity index (χ0) is 32.4. The molecule has 0 aliphatic heterocycles. The summed E-state index contributed by atoms with van der Waals surface area (Å²) in [5.41, 5.74) is 2.62. The number of esters is 1. The molecule has 0 saturated heterocycles. The topological polar surface area (TPSA) is 104 Å². The van der Waals surface area contributed by atoms with Crippen molar-refractivity contribution in [1.82, 2.24) is 0 Å². The monoisotopic (exact) mass is 616 g/mol. The summed E-state index contributed by atoms with van der Waals surface area (Å²) < 4.78 is 17.9. The van der Waals surface area contributed by atoms with E-state index in [1.807, 2.05) is 24.3 Å². The van der Waals surface area contributed by atoms with E-state index in [-0.39, 0.29) is 47.4 Å². The predicted octanol–water partition coefficient (Wildman–Crippen LogP) is 7.65. The van der Waals surface area contributed by atoms with Gasteiger partial charge in [0, 0.05) is 12.5 Å². The summed E-state index contributed by atoms with van der Waals surface area (Å²) in [7, 11) is 1.65. The number of carbonyl (C=O) groups is 3. The van der Waals surface area contributed by atoms with Gasteiger partial charge >= 0.3 is 5.97 Å². The average Bonchev–Trinajstić information content (AvgIpc) is 3.31. The van der Waals surface area contributed by atoms with Crippen LogP contribution in [0.2, 0.25) is 0 Å². The molecule has 0 radical (unpaired) electrons. The molecule has 4 aliphatic carbocycles. The molecule has 5 rings (SSSR count). The summed E-state index contributed by atoms with van der Waals surface area (Å²) in [4.78, 5) is 39.3. The van der Waals surface area contributed by atoms with Gasteiger partial charge in [0.15, 0.2) is 17.9 Å². The molecule has 242 valence electrons. The highest BCUT2D eigenvalue weighted by Gasteiger charge is 2.63. The highest BCUT2D eigenvalue weighted by molar-refractivity contribution is 6.01. The van der Waals surface area contributed by atoms with Crippen molar-refractivity contribution in [2.45, 2.75) is 91.5 Å². The van der Waals surface area contributed by atoms with Gasteiger partial charge in [0.25, 0.3) is 0 Å². The molecule has 0 aromatic heterocycles. The summed E-state index contributed by atoms with van der Waals surface area (Å²) in [6.07, 6.45) is 11.1. The second-order valence-electron chi connectivity index (χ2n) is 13.9. The number of hydrogen-bond acceptors (Lipinski definition) is 8. The van der Waals surface area contributed by atoms with Crippen molar-refractivity contribution < 1.29 is 28.6 Å². The van der Waals surface area contributed by atoms with Crippen LogP contribution in [0.3, 0.4) is 0 Å². The van der Waals surface area contributed by atoms with Crippen LogP contribution < -0.4 is 0 Å². The number of azo groups is 1. The number of carbonyl (C=O) groups excluding carboxylic acids is 3. The Morgan fingerprint density at radius 2 is 1.93 bits per heavy atom. The van der Waals surface area contributed by atoms with Crippen molar-refractivity contribution in [2.75, 3.05) is 13.7 Å². The molecule has 8 nitrogen and oxygen atoms in total. The Labute approximate surface area is 267 Å². The number of Topliss-reactive ketones (excluding diaryl/α,β-unsaturated/α-hetero) is 1. The molecule has 4 aliphatic rings. The fourth-order valence-electron chi connectivity index (χ4n) is 8.91. The smallest absolute Gasteiger partial charge is 0.310 e. The Bertz CT molecular complexity index is 1410. The third-order valence-corrected chi connectivity index (χ3v) is 11.1. The van der Waals surface area contributed by atoms with Crippen LogP contribution in [0.4, 0.5) is 5.69 Å². The second kappa shape index (κ2) is 13.6. The van der Waals surface area contributed by atoms with Gasteiger partial charge in [-0.25, -0.2) is 0 Å². The zero-order valence-corrected chi connectivity index (χ0v) is 27.4. The molecule has 8 heteroatoms. The molecular formula is C37H48N2O6. The summed E-state index contributed by atoms with van der Waals surface area (Å²) in [6, 6.07) is 7.25. The number of ether oxygens (including phenoxy) is 3. The van der Waals surface area contributed by atoms with Crippen LogP contribution in [0.15, 0.2) is 70.6 Å². The molecule has 0 N–H and O–H groups in total. The molecule has 1 aromatic rings. The average molecular weight is 617 g/mol. The first-order chi connectivity index (χ1) is 21.5. The van der Waals surface area contributed by atoms with Crippen molar-refractivity contribution in [3.63, 3.8) is 0 Å². The van der Waals surface area contributed by atoms with Crippen LogP contribution in [0.5, 0.6) is 0 Å². The van der Waals surface area contributed by atoms with Crippen LogP contribution in [-0.4, -0.2) is 43.6 Å². The third-order valence-electron chi connectivity index (χ3n) is 11.1. The lowest BCUT2D eigenvalue weighted by Gasteiger charge is -2.56. The molecule has 0 heterocycles. The number of hydrogen-bond donors (Lipinski definition) is 0. The Kier molecular flexibility index (Phi) is 10.0. The fraction of sp³-hybridized carbons (Fsp3) is 0.595. The summed E-state index contributed by atoms with van der Waals surface area (Å²) in [6.45, 7) is 11.8. The van der Waals surface area contributed by atoms with Crippen molar-refractivity contribution >= 4 is 23.2 Å². The van der Waals surface area contributed by atoms with Crippen LogP contribution in [0.1, 0.15) is 78.2 Å². The Balaban J connectivity index is 1.34. The normalized spacial score (nSPS) is 32.8. The van der Waals surface area contributed by atoms with Gasteiger partial charge in [0.1, 0.15) is 6.61 Å². The lowest BCUT2D eigenvalue weighted by molar-refractivity contribution is -0.177. The largest absolute Gasteiger partial charge is 0.457 e. The van der Waals surface area contributed by atoms with E-state index >= 15 is 0 Å². The van der Waals surface area contributed by atoms with Gasteiger partial charge in [-0.05, 0) is 92.4 Å². The first kappa shape index (κ1) is 33.1. The Morgan fingerprint density at radius 3 is 2.67 bits per heavy atom. The van der Waals surface area contributed by atoms with Gasteiger partial charge in [0.2, 0.25) is 0 Å². The first-order valence-electron chi connectivity index (χ1n) is 16.5. The van der Waals surface area contributed by atoms with E-state index in [9.17, 15) is 14.4 Å². The van der Waals surface area contributed by atoms with E-state index in [1.165, 1.54) is 5.57 Å². The first-order valence-corrected chi connectivity index (χ1v) is 16.5. The molecule has 45 heavy (non-hydrogen) atoms. The van der Waals surface area contributed by atoms with Crippen LogP contribution in [0, 0.1) is 34.5 Å². The minimum atomic E-state index is -0.485. The predicted molar refractivity (Wildman–Crippen MR) is 172 cm³/mol. The second-order valence-corrected chi connectivity index (χ2v) is 13.9. The molecule has 0 spiro atoms. The van der Waals surface area contributed by atoms with Gasteiger partial charge in [-0.2, -0.15) is 10.2 Å². The van der Waals surface area contributed by atoms with Gasteiger partial charge < -0.3 is 14.2 Å². The van der Waals surface area contributed by atoms with Crippen LogP contribution in [0.25, 0.3) is 0 Å². The standard InChI is InChI=1S/C37H48N2O6/c1-7-10-34(43-6)45-32-21-29-27-14-13-25-20-26(40)15-17-36(25,4)28(27)16-18-37(29,5)35(32)31(41)22-44-33(42)19-24-11-8-9-12-30(24)39-38-23(2)3/h8-9,11-12,15,17,20,27-29,32,34-35H,2,7,10,13-14,16,18-19,21-22H2,1,3-6H3. The lowest BCUT2D eigenvalue weighted by atomic mass is 9.47. The molecule has 0 bridgehead atoms. The maximum atomic E-state index is 14.1. The maximum Gasteiger partial charge on any atom is 0.310 e. The van der Waals surface area contributed by atoms with E-state index < -0.39 is 18.2 Å². The highest BCUT2D eigenvalue weighted by atomic mass is 16.7. The van der Waals surface area contributed by atoms with Crippen molar-refractivity contribution in [2.24, 2.45) is 44.7 Å². The van der Waals surface area contributed by atoms with Gasteiger partial charge in [-0.15, -0.1) is 0 Å². The molecular weight excluding hydrogens is 568 g/mol. The van der Waals surface area contributed by atoms with Gasteiger partial charge in [0.05, 0.1) is 29.8 Å². The van der Waals surface area contributed by atoms with E-state index in [4.69, 9.17) is 14.2 Å². The van der Waals surface area contributed by atoms with Gasteiger partial charge in [-0.1, -0.05) is 63.6 Å². The number of rotatable bonds is 12. The molecule has 3 saturated carbocycles. The number of allylic oxidation sites excluding steroid dienone is 5. The van der Waals surface area contributed by atoms with E-state index in [2.05, 4.69) is 43.7 Å². The summed E-state index contributed by atoms with van der Waals surface area (Å²) >= 11 is 0. The number of nitrogens with zero attached hydrogens (tertiary/aromatic N) is 2. The van der Waals surface area contributed by atoms with Crippen molar-refractivity contribution in [3.8, 4) is 0 Å². The number of ketones is 2. The van der Waals surface area contributed by atoms with E-state index in [1.54, 1.807) is 26.2 Å². The molecule has 3 fully saturated rings.